The van der Waals surface area contributed by atoms with Crippen LogP contribution in [0.15, 0.2) is 16.7 Å². The van der Waals surface area contributed by atoms with Crippen molar-refractivity contribution in [2.24, 2.45) is 0 Å². The number of furan rings is 1. The van der Waals surface area contributed by atoms with Crippen molar-refractivity contribution in [3.05, 3.63) is 23.7 Å². The lowest BCUT2D eigenvalue weighted by Gasteiger charge is -2.29. The van der Waals surface area contributed by atoms with E-state index in [-0.39, 0.29) is 11.9 Å². The molecule has 5 heteroatoms. The van der Waals surface area contributed by atoms with Crippen molar-refractivity contribution in [3.8, 4) is 0 Å². The second kappa shape index (κ2) is 4.67. The van der Waals surface area contributed by atoms with Crippen LogP contribution in [0.4, 0.5) is 0 Å². The lowest BCUT2D eigenvalue weighted by atomic mass is 10.1. The molecule has 1 aromatic rings. The zero-order valence-electron chi connectivity index (χ0n) is 8.93. The van der Waals surface area contributed by atoms with Gasteiger partial charge >= 0.3 is 5.97 Å². The Morgan fingerprint density at radius 1 is 1.50 bits per heavy atom. The van der Waals surface area contributed by atoms with Crippen molar-refractivity contribution in [1.29, 1.82) is 0 Å². The lowest BCUT2D eigenvalue weighted by molar-refractivity contribution is 0.0648. The van der Waals surface area contributed by atoms with Crippen LogP contribution in [0.2, 0.25) is 0 Å². The van der Waals surface area contributed by atoms with Crippen LogP contribution in [0.3, 0.4) is 0 Å². The van der Waals surface area contributed by atoms with Gasteiger partial charge in [-0.05, 0) is 18.9 Å². The molecule has 5 nitrogen and oxygen atoms in total. The Morgan fingerprint density at radius 2 is 2.19 bits per heavy atom. The fourth-order valence-corrected chi connectivity index (χ4v) is 1.97. The molecule has 0 radical (unpaired) electrons. The zero-order valence-corrected chi connectivity index (χ0v) is 8.93. The Hall–Kier alpha value is -1.33. The molecule has 2 N–H and O–H groups in total. The molecule has 2 heterocycles. The van der Waals surface area contributed by atoms with Gasteiger partial charge in [-0.2, -0.15) is 0 Å². The molecular formula is C11H15NO4. The summed E-state index contributed by atoms with van der Waals surface area (Å²) in [5.74, 6) is -1.01. The van der Waals surface area contributed by atoms with Gasteiger partial charge in [0.1, 0.15) is 0 Å². The summed E-state index contributed by atoms with van der Waals surface area (Å²) in [7, 11) is 0. The normalized spacial score (nSPS) is 18.8. The van der Waals surface area contributed by atoms with Crippen LogP contribution >= 0.6 is 0 Å². The van der Waals surface area contributed by atoms with E-state index in [1.54, 1.807) is 6.07 Å². The van der Waals surface area contributed by atoms with Gasteiger partial charge in [-0.1, -0.05) is 0 Å². The molecular weight excluding hydrogens is 210 g/mol. The predicted octanol–water partition coefficient (Wildman–Crippen LogP) is 0.934. The molecule has 0 saturated carbocycles. The summed E-state index contributed by atoms with van der Waals surface area (Å²) in [5, 5.41) is 18.2. The van der Waals surface area contributed by atoms with E-state index in [1.807, 2.05) is 0 Å². The van der Waals surface area contributed by atoms with Gasteiger partial charge in [0.15, 0.2) is 0 Å². The minimum absolute atomic E-state index is 0.0196. The third-order valence-corrected chi connectivity index (χ3v) is 2.89. The van der Waals surface area contributed by atoms with E-state index in [0.717, 1.165) is 25.9 Å². The number of nitrogens with zero attached hydrogens (tertiary/aromatic N) is 1. The highest BCUT2D eigenvalue weighted by molar-refractivity contribution is 5.86. The molecule has 0 bridgehead atoms. The number of hydrogen-bond donors (Lipinski definition) is 2. The second-order valence-electron chi connectivity index (χ2n) is 4.09. The largest absolute Gasteiger partial charge is 0.475 e. The molecule has 0 aliphatic carbocycles. The molecule has 0 aromatic carbocycles. The molecule has 1 aromatic heterocycles. The molecule has 0 spiro atoms. The molecule has 1 fully saturated rings. The van der Waals surface area contributed by atoms with E-state index in [0.29, 0.717) is 12.1 Å². The summed E-state index contributed by atoms with van der Waals surface area (Å²) in [6, 6.07) is 1.69. The maximum absolute atomic E-state index is 10.8. The van der Waals surface area contributed by atoms with Crippen molar-refractivity contribution in [1.82, 2.24) is 4.90 Å². The summed E-state index contributed by atoms with van der Waals surface area (Å²) < 4.78 is 4.91. The average Bonchev–Trinajstić information content (AvgIpc) is 2.69. The van der Waals surface area contributed by atoms with Crippen LogP contribution < -0.4 is 0 Å². The first-order chi connectivity index (χ1) is 7.66. The van der Waals surface area contributed by atoms with Crippen LogP contribution in [-0.2, 0) is 6.54 Å². The van der Waals surface area contributed by atoms with E-state index >= 15 is 0 Å². The smallest absolute Gasteiger partial charge is 0.372 e. The van der Waals surface area contributed by atoms with Crippen molar-refractivity contribution < 1.29 is 19.4 Å². The fourth-order valence-electron chi connectivity index (χ4n) is 1.97. The fraction of sp³-hybridized carbons (Fsp3) is 0.545. The first-order valence-electron chi connectivity index (χ1n) is 5.37. The molecule has 1 aliphatic heterocycles. The molecule has 88 valence electrons. The van der Waals surface area contributed by atoms with E-state index in [2.05, 4.69) is 4.90 Å². The van der Waals surface area contributed by atoms with E-state index in [4.69, 9.17) is 9.52 Å². The summed E-state index contributed by atoms with van der Waals surface area (Å²) in [4.78, 5) is 13.0. The summed E-state index contributed by atoms with van der Waals surface area (Å²) >= 11 is 0. The Bertz CT molecular complexity index is 366. The van der Waals surface area contributed by atoms with Gasteiger partial charge in [0.25, 0.3) is 0 Å². The number of aliphatic hydroxyl groups excluding tert-OH is 1. The standard InChI is InChI=1S/C11H15NO4/c13-9-1-4-12(5-2-9)7-8-3-6-16-10(8)11(14)15/h3,6,9,13H,1-2,4-5,7H2,(H,14,15). The molecule has 2 rings (SSSR count). The van der Waals surface area contributed by atoms with Gasteiger partial charge in [0.2, 0.25) is 5.76 Å². The van der Waals surface area contributed by atoms with Gasteiger partial charge < -0.3 is 14.6 Å². The quantitative estimate of drug-likeness (QED) is 0.800. The molecule has 1 saturated heterocycles. The molecule has 16 heavy (non-hydrogen) atoms. The monoisotopic (exact) mass is 225 g/mol. The first kappa shape index (κ1) is 11.2. The minimum atomic E-state index is -1.03. The van der Waals surface area contributed by atoms with Gasteiger partial charge in [-0.15, -0.1) is 0 Å². The minimum Gasteiger partial charge on any atom is -0.475 e. The van der Waals surface area contributed by atoms with E-state index in [1.165, 1.54) is 6.26 Å². The number of aromatic carboxylic acids is 1. The van der Waals surface area contributed by atoms with Crippen molar-refractivity contribution in [2.75, 3.05) is 13.1 Å². The van der Waals surface area contributed by atoms with Crippen LogP contribution in [0.25, 0.3) is 0 Å². The molecule has 1 aliphatic rings. The molecule has 0 atom stereocenters. The van der Waals surface area contributed by atoms with Crippen LogP contribution in [-0.4, -0.2) is 40.3 Å². The van der Waals surface area contributed by atoms with Gasteiger partial charge in [-0.25, -0.2) is 4.79 Å². The Kier molecular flexibility index (Phi) is 3.26. The first-order valence-corrected chi connectivity index (χ1v) is 5.37. The highest BCUT2D eigenvalue weighted by atomic mass is 16.4. The van der Waals surface area contributed by atoms with Crippen molar-refractivity contribution in [3.63, 3.8) is 0 Å². The maximum atomic E-state index is 10.8. The zero-order chi connectivity index (χ0) is 11.5. The third-order valence-electron chi connectivity index (χ3n) is 2.89. The summed E-state index contributed by atoms with van der Waals surface area (Å²) in [5.41, 5.74) is 0.698. The highest BCUT2D eigenvalue weighted by Crippen LogP contribution is 2.17. The number of rotatable bonds is 3. The van der Waals surface area contributed by atoms with Gasteiger partial charge in [0, 0.05) is 25.2 Å². The van der Waals surface area contributed by atoms with Crippen LogP contribution in [0, 0.1) is 0 Å². The lowest BCUT2D eigenvalue weighted by Crippen LogP contribution is -2.35. The number of piperidine rings is 1. The Morgan fingerprint density at radius 3 is 2.81 bits per heavy atom. The van der Waals surface area contributed by atoms with Crippen molar-refractivity contribution >= 4 is 5.97 Å². The van der Waals surface area contributed by atoms with Crippen LogP contribution in [0.5, 0.6) is 0 Å². The Balaban J connectivity index is 1.98. The SMILES string of the molecule is O=C(O)c1occc1CN1CCC(O)CC1. The number of aliphatic hydroxyl groups is 1. The molecule has 0 unspecified atom stereocenters. The Labute approximate surface area is 93.3 Å². The third kappa shape index (κ3) is 2.43. The topological polar surface area (TPSA) is 73.9 Å². The van der Waals surface area contributed by atoms with E-state index < -0.39 is 5.97 Å². The van der Waals surface area contributed by atoms with Gasteiger partial charge in [0.05, 0.1) is 12.4 Å². The highest BCUT2D eigenvalue weighted by Gasteiger charge is 2.20. The van der Waals surface area contributed by atoms with E-state index in [9.17, 15) is 9.90 Å². The predicted molar refractivity (Wildman–Crippen MR) is 56.2 cm³/mol. The summed E-state index contributed by atoms with van der Waals surface area (Å²) in [6.45, 7) is 2.17. The summed E-state index contributed by atoms with van der Waals surface area (Å²) in [6.07, 6.45) is 2.69. The molecule has 0 amide bonds. The number of carboxylic acids is 1. The average molecular weight is 225 g/mol. The second-order valence-corrected chi connectivity index (χ2v) is 4.09. The maximum Gasteiger partial charge on any atom is 0.372 e. The number of carboxylic acid groups (broad SMARTS) is 1. The van der Waals surface area contributed by atoms with Gasteiger partial charge in [-0.3, -0.25) is 4.90 Å². The van der Waals surface area contributed by atoms with Crippen LogP contribution in [0.1, 0.15) is 29.0 Å². The number of hydrogen-bond acceptors (Lipinski definition) is 4. The number of carbonyl (C=O) groups is 1. The van der Waals surface area contributed by atoms with Crippen molar-refractivity contribution in [2.45, 2.75) is 25.5 Å². The number of likely N-dealkylation sites (tertiary alicyclic amines) is 1.